The van der Waals surface area contributed by atoms with Crippen molar-refractivity contribution in [1.29, 1.82) is 0 Å². The number of ether oxygens (including phenoxy) is 2. The molecule has 5 nitrogen and oxygen atoms in total. The summed E-state index contributed by atoms with van der Waals surface area (Å²) in [5, 5.41) is 3.03. The second-order valence-corrected chi connectivity index (χ2v) is 5.01. The Morgan fingerprint density at radius 3 is 2.61 bits per heavy atom. The molecule has 1 aromatic rings. The van der Waals surface area contributed by atoms with Gasteiger partial charge in [0.05, 0.1) is 12.3 Å². The van der Waals surface area contributed by atoms with Crippen molar-refractivity contribution < 1.29 is 9.47 Å². The van der Waals surface area contributed by atoms with Crippen molar-refractivity contribution in [2.75, 3.05) is 45.4 Å². The van der Waals surface area contributed by atoms with Crippen molar-refractivity contribution >= 4 is 16.5 Å². The third-order valence-electron chi connectivity index (χ3n) is 2.59. The molecule has 1 heterocycles. The van der Waals surface area contributed by atoms with Crippen molar-refractivity contribution in [1.82, 2.24) is 4.98 Å². The van der Waals surface area contributed by atoms with E-state index in [9.17, 15) is 0 Å². The van der Waals surface area contributed by atoms with Crippen LogP contribution in [0.3, 0.4) is 0 Å². The lowest BCUT2D eigenvalue weighted by molar-refractivity contribution is 0.191. The van der Waals surface area contributed by atoms with Crippen LogP contribution in [-0.2, 0) is 9.47 Å². The summed E-state index contributed by atoms with van der Waals surface area (Å²) in [6.45, 7) is 5.16. The first-order chi connectivity index (χ1) is 8.69. The van der Waals surface area contributed by atoms with Gasteiger partial charge in [-0.1, -0.05) is 0 Å². The van der Waals surface area contributed by atoms with Crippen molar-refractivity contribution in [3.8, 4) is 0 Å². The summed E-state index contributed by atoms with van der Waals surface area (Å²) in [6.07, 6.45) is 0.979. The molecule has 2 N–H and O–H groups in total. The van der Waals surface area contributed by atoms with Crippen LogP contribution in [0.1, 0.15) is 25.1 Å². The molecule has 0 aromatic carbocycles. The first-order valence-electron chi connectivity index (χ1n) is 6.12. The maximum absolute atomic E-state index is 5.83. The molecule has 18 heavy (non-hydrogen) atoms. The van der Waals surface area contributed by atoms with E-state index in [1.54, 1.807) is 25.6 Å². The minimum absolute atomic E-state index is 0.0155. The number of rotatable bonds is 9. The summed E-state index contributed by atoms with van der Waals surface area (Å²) in [5.74, 6) is 0. The van der Waals surface area contributed by atoms with Crippen molar-refractivity contribution in [2.45, 2.75) is 19.4 Å². The van der Waals surface area contributed by atoms with Crippen LogP contribution < -0.4 is 10.6 Å². The predicted octanol–water partition coefficient (Wildman–Crippen LogP) is 1.65. The zero-order valence-electron chi connectivity index (χ0n) is 11.4. The van der Waals surface area contributed by atoms with E-state index < -0.39 is 0 Å². The highest BCUT2D eigenvalue weighted by molar-refractivity contribution is 7.13. The first-order valence-corrected chi connectivity index (χ1v) is 7.00. The average molecular weight is 273 g/mol. The molecule has 0 saturated heterocycles. The van der Waals surface area contributed by atoms with Crippen LogP contribution in [0.2, 0.25) is 0 Å². The second kappa shape index (κ2) is 8.42. The molecule has 0 saturated carbocycles. The van der Waals surface area contributed by atoms with Gasteiger partial charge in [0.25, 0.3) is 0 Å². The number of thiazole rings is 1. The highest BCUT2D eigenvalue weighted by Gasteiger charge is 2.12. The van der Waals surface area contributed by atoms with E-state index in [1.165, 1.54) is 0 Å². The van der Waals surface area contributed by atoms with E-state index in [4.69, 9.17) is 15.2 Å². The molecular weight excluding hydrogens is 250 g/mol. The Bertz CT molecular complexity index is 331. The van der Waals surface area contributed by atoms with Crippen molar-refractivity contribution in [3.05, 3.63) is 11.1 Å². The minimum Gasteiger partial charge on any atom is -0.385 e. The molecule has 0 spiro atoms. The number of methoxy groups -OCH3 is 2. The smallest absolute Gasteiger partial charge is 0.185 e. The predicted molar refractivity (Wildman–Crippen MR) is 75.3 cm³/mol. The zero-order valence-corrected chi connectivity index (χ0v) is 12.2. The summed E-state index contributed by atoms with van der Waals surface area (Å²) in [7, 11) is 3.43. The lowest BCUT2D eigenvalue weighted by Crippen LogP contribution is -2.29. The molecular formula is C12H23N3O2S. The van der Waals surface area contributed by atoms with E-state index in [1.807, 2.05) is 12.3 Å². The van der Waals surface area contributed by atoms with Crippen LogP contribution in [-0.4, -0.2) is 45.5 Å². The van der Waals surface area contributed by atoms with Gasteiger partial charge < -0.3 is 20.1 Å². The van der Waals surface area contributed by atoms with Crippen molar-refractivity contribution in [3.63, 3.8) is 0 Å². The molecule has 0 fully saturated rings. The molecule has 1 rings (SSSR count). The van der Waals surface area contributed by atoms with Crippen LogP contribution in [0.15, 0.2) is 5.38 Å². The highest BCUT2D eigenvalue weighted by atomic mass is 32.1. The standard InChI is InChI=1S/C12H23N3O2S/c1-10(13)11-9-18-12(14-11)15(6-8-17-3)5-4-7-16-2/h9-10H,4-8,13H2,1-3H3. The molecule has 0 radical (unpaired) electrons. The monoisotopic (exact) mass is 273 g/mol. The number of hydrogen-bond donors (Lipinski definition) is 1. The molecule has 0 aliphatic rings. The molecule has 0 aliphatic carbocycles. The van der Waals surface area contributed by atoms with E-state index in [0.717, 1.165) is 36.9 Å². The highest BCUT2D eigenvalue weighted by Crippen LogP contribution is 2.23. The molecule has 0 bridgehead atoms. The van der Waals surface area contributed by atoms with Gasteiger partial charge in [-0.2, -0.15) is 0 Å². The Morgan fingerprint density at radius 1 is 1.33 bits per heavy atom. The molecule has 1 aromatic heterocycles. The van der Waals surface area contributed by atoms with Crippen LogP contribution in [0.4, 0.5) is 5.13 Å². The lowest BCUT2D eigenvalue weighted by atomic mass is 10.3. The maximum Gasteiger partial charge on any atom is 0.185 e. The summed E-state index contributed by atoms with van der Waals surface area (Å²) in [5.41, 5.74) is 6.78. The molecule has 1 atom stereocenters. The van der Waals surface area contributed by atoms with Gasteiger partial charge in [0.2, 0.25) is 0 Å². The normalized spacial score (nSPS) is 12.7. The summed E-state index contributed by atoms with van der Waals surface area (Å²) in [6, 6.07) is -0.0155. The minimum atomic E-state index is -0.0155. The van der Waals surface area contributed by atoms with Crippen LogP contribution in [0.5, 0.6) is 0 Å². The van der Waals surface area contributed by atoms with Crippen LogP contribution in [0, 0.1) is 0 Å². The molecule has 104 valence electrons. The van der Waals surface area contributed by atoms with E-state index in [2.05, 4.69) is 9.88 Å². The first kappa shape index (κ1) is 15.4. The molecule has 6 heteroatoms. The van der Waals surface area contributed by atoms with Gasteiger partial charge in [-0.15, -0.1) is 11.3 Å². The van der Waals surface area contributed by atoms with E-state index >= 15 is 0 Å². The second-order valence-electron chi connectivity index (χ2n) is 4.17. The number of nitrogens with two attached hydrogens (primary N) is 1. The maximum atomic E-state index is 5.83. The summed E-state index contributed by atoms with van der Waals surface area (Å²) >= 11 is 1.63. The molecule has 0 amide bonds. The van der Waals surface area contributed by atoms with Gasteiger partial charge in [0, 0.05) is 45.3 Å². The Labute approximate surface area is 113 Å². The van der Waals surface area contributed by atoms with Crippen molar-refractivity contribution in [2.24, 2.45) is 5.73 Å². The summed E-state index contributed by atoms with van der Waals surface area (Å²) < 4.78 is 10.2. The number of hydrogen-bond acceptors (Lipinski definition) is 6. The van der Waals surface area contributed by atoms with Gasteiger partial charge in [0.1, 0.15) is 0 Å². The Balaban J connectivity index is 2.61. The fourth-order valence-electron chi connectivity index (χ4n) is 1.53. The van der Waals surface area contributed by atoms with Crippen LogP contribution >= 0.6 is 11.3 Å². The topological polar surface area (TPSA) is 60.6 Å². The lowest BCUT2D eigenvalue weighted by Gasteiger charge is -2.21. The van der Waals surface area contributed by atoms with Gasteiger partial charge in [-0.3, -0.25) is 0 Å². The number of anilines is 1. The van der Waals surface area contributed by atoms with Gasteiger partial charge in [-0.25, -0.2) is 4.98 Å². The number of nitrogens with zero attached hydrogens (tertiary/aromatic N) is 2. The average Bonchev–Trinajstić information content (AvgIpc) is 2.83. The van der Waals surface area contributed by atoms with Crippen LogP contribution in [0.25, 0.3) is 0 Å². The van der Waals surface area contributed by atoms with Gasteiger partial charge >= 0.3 is 0 Å². The Kier molecular flexibility index (Phi) is 7.19. The Hall–Kier alpha value is -0.690. The quantitative estimate of drug-likeness (QED) is 0.693. The fourth-order valence-corrected chi connectivity index (χ4v) is 2.52. The fraction of sp³-hybridized carbons (Fsp3) is 0.750. The van der Waals surface area contributed by atoms with Gasteiger partial charge in [0.15, 0.2) is 5.13 Å². The third-order valence-corrected chi connectivity index (χ3v) is 3.51. The number of aromatic nitrogens is 1. The Morgan fingerprint density at radius 2 is 2.06 bits per heavy atom. The van der Waals surface area contributed by atoms with E-state index in [-0.39, 0.29) is 6.04 Å². The SMILES string of the molecule is COCCCN(CCOC)c1nc(C(C)N)cs1. The summed E-state index contributed by atoms with van der Waals surface area (Å²) in [4.78, 5) is 6.79. The third kappa shape index (κ3) is 4.89. The zero-order chi connectivity index (χ0) is 13.4. The molecule has 1 unspecified atom stereocenters. The van der Waals surface area contributed by atoms with E-state index in [0.29, 0.717) is 6.61 Å². The largest absolute Gasteiger partial charge is 0.385 e. The van der Waals surface area contributed by atoms with Gasteiger partial charge in [-0.05, 0) is 13.3 Å². The molecule has 0 aliphatic heterocycles.